The zero-order valence-corrected chi connectivity index (χ0v) is 10.5. The van der Waals surface area contributed by atoms with Gasteiger partial charge in [0.05, 0.1) is 5.60 Å². The Morgan fingerprint density at radius 1 is 1.59 bits per heavy atom. The zero-order valence-electron chi connectivity index (χ0n) is 10.5. The number of aromatic nitrogens is 1. The number of nitrogen functional groups attached to an aromatic ring is 1. The molecular formula is C14H22N2O. The Labute approximate surface area is 103 Å². The molecule has 0 radical (unpaired) electrons. The van der Waals surface area contributed by atoms with Gasteiger partial charge in [0.25, 0.3) is 0 Å². The predicted molar refractivity (Wildman–Crippen MR) is 69.6 cm³/mol. The summed E-state index contributed by atoms with van der Waals surface area (Å²) in [4.78, 5) is 4.09. The van der Waals surface area contributed by atoms with Crippen LogP contribution in [0.5, 0.6) is 0 Å². The Hall–Kier alpha value is -1.09. The first-order valence-electron chi connectivity index (χ1n) is 6.54. The first-order chi connectivity index (χ1) is 8.13. The van der Waals surface area contributed by atoms with Crippen molar-refractivity contribution in [3.63, 3.8) is 0 Å². The summed E-state index contributed by atoms with van der Waals surface area (Å²) in [6.07, 6.45) is 9.43. The van der Waals surface area contributed by atoms with Crippen LogP contribution in [0, 0.1) is 5.92 Å². The number of rotatable bonds is 3. The van der Waals surface area contributed by atoms with Crippen LogP contribution in [0.15, 0.2) is 18.5 Å². The van der Waals surface area contributed by atoms with Crippen molar-refractivity contribution in [2.24, 2.45) is 5.92 Å². The van der Waals surface area contributed by atoms with E-state index in [0.29, 0.717) is 12.3 Å². The molecule has 0 bridgehead atoms. The summed E-state index contributed by atoms with van der Waals surface area (Å²) >= 11 is 0. The molecule has 1 saturated carbocycles. The predicted octanol–water partition coefficient (Wildman–Crippen LogP) is 2.54. The maximum absolute atomic E-state index is 10.7. The van der Waals surface area contributed by atoms with Gasteiger partial charge in [0.1, 0.15) is 0 Å². The van der Waals surface area contributed by atoms with E-state index in [4.69, 9.17) is 5.73 Å². The zero-order chi connectivity index (χ0) is 12.3. The van der Waals surface area contributed by atoms with E-state index in [1.165, 1.54) is 6.42 Å². The van der Waals surface area contributed by atoms with Gasteiger partial charge in [-0.2, -0.15) is 0 Å². The SMILES string of the molecule is CCC1CCCC(O)(Cc2cnccc2N)C1. The molecular weight excluding hydrogens is 212 g/mol. The second-order valence-electron chi connectivity index (χ2n) is 5.35. The Morgan fingerprint density at radius 3 is 3.12 bits per heavy atom. The Morgan fingerprint density at radius 2 is 2.41 bits per heavy atom. The van der Waals surface area contributed by atoms with Crippen molar-refractivity contribution in [1.82, 2.24) is 4.98 Å². The monoisotopic (exact) mass is 234 g/mol. The average Bonchev–Trinajstić information content (AvgIpc) is 2.32. The van der Waals surface area contributed by atoms with Gasteiger partial charge in [-0.1, -0.05) is 26.2 Å². The molecule has 2 atom stereocenters. The van der Waals surface area contributed by atoms with Gasteiger partial charge in [0.2, 0.25) is 0 Å². The lowest BCUT2D eigenvalue weighted by Gasteiger charge is -2.37. The van der Waals surface area contributed by atoms with E-state index in [1.807, 2.05) is 0 Å². The molecule has 1 aromatic heterocycles. The number of pyridine rings is 1. The van der Waals surface area contributed by atoms with Crippen LogP contribution in [0.25, 0.3) is 0 Å². The van der Waals surface area contributed by atoms with Crippen molar-refractivity contribution >= 4 is 5.69 Å². The number of nitrogens with two attached hydrogens (primary N) is 1. The average molecular weight is 234 g/mol. The number of hydrogen-bond acceptors (Lipinski definition) is 3. The van der Waals surface area contributed by atoms with E-state index >= 15 is 0 Å². The summed E-state index contributed by atoms with van der Waals surface area (Å²) in [6.45, 7) is 2.20. The summed E-state index contributed by atoms with van der Waals surface area (Å²) in [5.74, 6) is 0.659. The highest BCUT2D eigenvalue weighted by Gasteiger charge is 2.34. The molecule has 1 fully saturated rings. The Balaban J connectivity index is 2.09. The van der Waals surface area contributed by atoms with Crippen LogP contribution >= 0.6 is 0 Å². The van der Waals surface area contributed by atoms with Gasteiger partial charge >= 0.3 is 0 Å². The standard InChI is InChI=1S/C14H22N2O/c1-2-11-4-3-6-14(17,8-11)9-12-10-16-7-5-13(12)15/h5,7,10-11,17H,2-4,6,8-9H2,1H3,(H2,15,16). The Bertz CT molecular complexity index is 380. The third-order valence-corrected chi connectivity index (χ3v) is 3.96. The van der Waals surface area contributed by atoms with Crippen LogP contribution in [-0.2, 0) is 6.42 Å². The van der Waals surface area contributed by atoms with Crippen LogP contribution < -0.4 is 5.73 Å². The molecule has 1 aliphatic rings. The normalized spacial score (nSPS) is 29.2. The van der Waals surface area contributed by atoms with Crippen LogP contribution in [0.4, 0.5) is 5.69 Å². The van der Waals surface area contributed by atoms with Gasteiger partial charge in [-0.25, -0.2) is 0 Å². The summed E-state index contributed by atoms with van der Waals surface area (Å²) in [7, 11) is 0. The topological polar surface area (TPSA) is 59.1 Å². The van der Waals surface area contributed by atoms with E-state index in [9.17, 15) is 5.11 Å². The molecule has 17 heavy (non-hydrogen) atoms. The number of aliphatic hydroxyl groups is 1. The fourth-order valence-corrected chi connectivity index (χ4v) is 2.91. The minimum Gasteiger partial charge on any atom is -0.398 e. The molecule has 0 saturated heterocycles. The molecule has 94 valence electrons. The lowest BCUT2D eigenvalue weighted by molar-refractivity contribution is -0.0161. The molecule has 2 unspecified atom stereocenters. The van der Waals surface area contributed by atoms with Gasteiger partial charge in [-0.05, 0) is 30.4 Å². The second kappa shape index (κ2) is 5.05. The molecule has 3 N–H and O–H groups in total. The van der Waals surface area contributed by atoms with Crippen molar-refractivity contribution < 1.29 is 5.11 Å². The van der Waals surface area contributed by atoms with E-state index in [0.717, 1.165) is 36.9 Å². The summed E-state index contributed by atoms with van der Waals surface area (Å²) < 4.78 is 0. The highest BCUT2D eigenvalue weighted by atomic mass is 16.3. The minimum absolute atomic E-state index is 0.573. The van der Waals surface area contributed by atoms with Crippen LogP contribution in [0.3, 0.4) is 0 Å². The summed E-state index contributed by atoms with van der Waals surface area (Å²) in [5.41, 5.74) is 7.06. The van der Waals surface area contributed by atoms with E-state index < -0.39 is 5.60 Å². The molecule has 3 nitrogen and oxygen atoms in total. The molecule has 0 spiro atoms. The van der Waals surface area contributed by atoms with Crippen LogP contribution in [0.2, 0.25) is 0 Å². The lowest BCUT2D eigenvalue weighted by Crippen LogP contribution is -2.37. The van der Waals surface area contributed by atoms with Crippen molar-refractivity contribution in [1.29, 1.82) is 0 Å². The highest BCUT2D eigenvalue weighted by Crippen LogP contribution is 2.36. The molecule has 1 aliphatic carbocycles. The third-order valence-electron chi connectivity index (χ3n) is 3.96. The van der Waals surface area contributed by atoms with E-state index in [1.54, 1.807) is 18.5 Å². The summed E-state index contributed by atoms with van der Waals surface area (Å²) in [5, 5.41) is 10.7. The fourth-order valence-electron chi connectivity index (χ4n) is 2.91. The quantitative estimate of drug-likeness (QED) is 0.845. The molecule has 2 rings (SSSR count). The van der Waals surface area contributed by atoms with Gasteiger partial charge in [-0.3, -0.25) is 4.98 Å². The maximum Gasteiger partial charge on any atom is 0.0692 e. The molecule has 1 heterocycles. The third kappa shape index (κ3) is 2.97. The molecule has 0 amide bonds. The second-order valence-corrected chi connectivity index (χ2v) is 5.35. The summed E-state index contributed by atoms with van der Waals surface area (Å²) in [6, 6.07) is 1.80. The smallest absolute Gasteiger partial charge is 0.0692 e. The van der Waals surface area contributed by atoms with Gasteiger partial charge in [-0.15, -0.1) is 0 Å². The largest absolute Gasteiger partial charge is 0.398 e. The first kappa shape index (κ1) is 12.4. The van der Waals surface area contributed by atoms with Crippen molar-refractivity contribution in [2.45, 2.75) is 51.0 Å². The van der Waals surface area contributed by atoms with Gasteiger partial charge in [0, 0.05) is 24.5 Å². The van der Waals surface area contributed by atoms with Crippen molar-refractivity contribution in [2.75, 3.05) is 5.73 Å². The first-order valence-corrected chi connectivity index (χ1v) is 6.54. The highest BCUT2D eigenvalue weighted by molar-refractivity contribution is 5.45. The Kier molecular flexibility index (Phi) is 3.67. The lowest BCUT2D eigenvalue weighted by atomic mass is 9.74. The molecule has 1 aromatic rings. The molecule has 3 heteroatoms. The maximum atomic E-state index is 10.7. The number of anilines is 1. The molecule has 0 aromatic carbocycles. The van der Waals surface area contributed by atoms with Crippen LogP contribution in [-0.4, -0.2) is 15.7 Å². The van der Waals surface area contributed by atoms with Crippen molar-refractivity contribution in [3.8, 4) is 0 Å². The number of nitrogens with zero attached hydrogens (tertiary/aromatic N) is 1. The van der Waals surface area contributed by atoms with Gasteiger partial charge in [0.15, 0.2) is 0 Å². The number of hydrogen-bond donors (Lipinski definition) is 2. The van der Waals surface area contributed by atoms with Crippen LogP contribution in [0.1, 0.15) is 44.6 Å². The van der Waals surface area contributed by atoms with E-state index in [2.05, 4.69) is 11.9 Å². The van der Waals surface area contributed by atoms with E-state index in [-0.39, 0.29) is 0 Å². The van der Waals surface area contributed by atoms with Crippen molar-refractivity contribution in [3.05, 3.63) is 24.0 Å². The fraction of sp³-hybridized carbons (Fsp3) is 0.643. The molecule has 0 aliphatic heterocycles. The minimum atomic E-state index is -0.573. The van der Waals surface area contributed by atoms with Gasteiger partial charge < -0.3 is 10.8 Å².